The van der Waals surface area contributed by atoms with Crippen molar-refractivity contribution in [2.75, 3.05) is 20.8 Å². The van der Waals surface area contributed by atoms with E-state index in [2.05, 4.69) is 5.32 Å². The zero-order valence-electron chi connectivity index (χ0n) is 18.7. The molecule has 7 heteroatoms. The maximum absolute atomic E-state index is 13.4. The number of hydrogen-bond acceptors (Lipinski definition) is 4. The van der Waals surface area contributed by atoms with Crippen LogP contribution in [0.4, 0.5) is 0 Å². The van der Waals surface area contributed by atoms with Crippen molar-refractivity contribution in [2.45, 2.75) is 19.0 Å². The zero-order chi connectivity index (χ0) is 23.6. The third-order valence-electron chi connectivity index (χ3n) is 5.24. The Hall–Kier alpha value is -3.51. The summed E-state index contributed by atoms with van der Waals surface area (Å²) >= 11 is 6.38. The van der Waals surface area contributed by atoms with Crippen LogP contribution < -0.4 is 14.8 Å². The maximum Gasteiger partial charge on any atom is 0.261 e. The van der Waals surface area contributed by atoms with Crippen molar-refractivity contribution in [3.8, 4) is 11.5 Å². The van der Waals surface area contributed by atoms with E-state index in [-0.39, 0.29) is 25.0 Å². The Kier molecular flexibility index (Phi) is 8.72. The molecule has 0 radical (unpaired) electrons. The Morgan fingerprint density at radius 3 is 2.24 bits per heavy atom. The molecular weight excluding hydrogens is 440 g/mol. The van der Waals surface area contributed by atoms with Gasteiger partial charge in [0, 0.05) is 25.0 Å². The molecule has 0 heterocycles. The van der Waals surface area contributed by atoms with Crippen molar-refractivity contribution in [1.82, 2.24) is 10.2 Å². The number of nitrogens with zero attached hydrogens (tertiary/aromatic N) is 1. The molecule has 0 unspecified atom stereocenters. The molecule has 0 aliphatic carbocycles. The topological polar surface area (TPSA) is 67.9 Å². The number of nitrogens with one attached hydrogen (secondary N) is 1. The molecule has 0 aromatic heterocycles. The Morgan fingerprint density at radius 2 is 1.58 bits per heavy atom. The van der Waals surface area contributed by atoms with Crippen molar-refractivity contribution in [1.29, 1.82) is 0 Å². The Balaban J connectivity index is 1.90. The van der Waals surface area contributed by atoms with Crippen LogP contribution in [-0.4, -0.2) is 43.5 Å². The van der Waals surface area contributed by atoms with Gasteiger partial charge < -0.3 is 19.7 Å². The first-order chi connectivity index (χ1) is 16.0. The highest BCUT2D eigenvalue weighted by atomic mass is 35.5. The van der Waals surface area contributed by atoms with E-state index in [1.165, 1.54) is 12.0 Å². The second-order valence-corrected chi connectivity index (χ2v) is 7.78. The maximum atomic E-state index is 13.4. The molecule has 2 amide bonds. The van der Waals surface area contributed by atoms with Crippen LogP contribution in [0.2, 0.25) is 5.02 Å². The molecule has 0 fully saturated rings. The molecule has 6 nitrogen and oxygen atoms in total. The van der Waals surface area contributed by atoms with Gasteiger partial charge in [-0.25, -0.2) is 0 Å². The first kappa shape index (κ1) is 24.1. The van der Waals surface area contributed by atoms with Gasteiger partial charge in [-0.3, -0.25) is 9.59 Å². The van der Waals surface area contributed by atoms with E-state index in [9.17, 15) is 9.59 Å². The fourth-order valence-electron chi connectivity index (χ4n) is 3.49. The summed E-state index contributed by atoms with van der Waals surface area (Å²) in [4.78, 5) is 27.9. The molecule has 0 aliphatic heterocycles. The van der Waals surface area contributed by atoms with Crippen LogP contribution in [0.1, 0.15) is 11.1 Å². The normalized spacial score (nSPS) is 11.4. The predicted octanol–water partition coefficient (Wildman–Crippen LogP) is 4.11. The van der Waals surface area contributed by atoms with Gasteiger partial charge in [0.25, 0.3) is 5.91 Å². The summed E-state index contributed by atoms with van der Waals surface area (Å²) in [6, 6.07) is 23.2. The summed E-state index contributed by atoms with van der Waals surface area (Å²) in [6.07, 6.45) is 0.353. The van der Waals surface area contributed by atoms with Crippen LogP contribution in [0.25, 0.3) is 0 Å². The molecule has 0 bridgehead atoms. The minimum Gasteiger partial charge on any atom is -0.493 e. The largest absolute Gasteiger partial charge is 0.493 e. The summed E-state index contributed by atoms with van der Waals surface area (Å²) in [5.74, 6) is 0.364. The van der Waals surface area contributed by atoms with Crippen molar-refractivity contribution in [3.63, 3.8) is 0 Å². The van der Waals surface area contributed by atoms with E-state index in [0.717, 1.165) is 11.1 Å². The molecule has 1 N–H and O–H groups in total. The molecular formula is C26H27ClN2O4. The number of ether oxygens (including phenoxy) is 2. The Morgan fingerprint density at radius 1 is 0.939 bits per heavy atom. The molecule has 172 valence electrons. The van der Waals surface area contributed by atoms with E-state index in [0.29, 0.717) is 22.9 Å². The van der Waals surface area contributed by atoms with Crippen LogP contribution in [0.15, 0.2) is 78.9 Å². The van der Waals surface area contributed by atoms with Crippen LogP contribution in [0, 0.1) is 0 Å². The fourth-order valence-corrected chi connectivity index (χ4v) is 3.69. The van der Waals surface area contributed by atoms with Crippen LogP contribution in [0.3, 0.4) is 0 Å². The fraction of sp³-hybridized carbons (Fsp3) is 0.231. The smallest absolute Gasteiger partial charge is 0.261 e. The summed E-state index contributed by atoms with van der Waals surface area (Å²) in [6.45, 7) is -0.0914. The van der Waals surface area contributed by atoms with Gasteiger partial charge in [0.1, 0.15) is 6.04 Å². The summed E-state index contributed by atoms with van der Waals surface area (Å²) in [5, 5.41) is 3.21. The number of benzene rings is 3. The van der Waals surface area contributed by atoms with Crippen LogP contribution in [0.5, 0.6) is 11.5 Å². The summed E-state index contributed by atoms with van der Waals surface area (Å²) in [5.41, 5.74) is 1.68. The number of carbonyl (C=O) groups is 2. The van der Waals surface area contributed by atoms with Crippen molar-refractivity contribution in [2.24, 2.45) is 0 Å². The van der Waals surface area contributed by atoms with E-state index in [1.807, 2.05) is 54.6 Å². The van der Waals surface area contributed by atoms with Crippen molar-refractivity contribution >= 4 is 23.4 Å². The van der Waals surface area contributed by atoms with Crippen LogP contribution in [-0.2, 0) is 22.6 Å². The Labute approximate surface area is 199 Å². The van der Waals surface area contributed by atoms with E-state index >= 15 is 0 Å². The molecule has 3 aromatic carbocycles. The second-order valence-electron chi connectivity index (χ2n) is 7.37. The summed E-state index contributed by atoms with van der Waals surface area (Å²) in [7, 11) is 3.10. The highest BCUT2D eigenvalue weighted by Gasteiger charge is 2.30. The molecule has 0 saturated carbocycles. The van der Waals surface area contributed by atoms with Crippen LogP contribution >= 0.6 is 11.6 Å². The lowest BCUT2D eigenvalue weighted by Crippen LogP contribution is -2.51. The molecule has 0 spiro atoms. The van der Waals surface area contributed by atoms with Gasteiger partial charge in [-0.05, 0) is 29.3 Å². The lowest BCUT2D eigenvalue weighted by molar-refractivity contribution is -0.142. The second kappa shape index (κ2) is 11.9. The first-order valence-corrected chi connectivity index (χ1v) is 11.0. The molecule has 1 atom stereocenters. The van der Waals surface area contributed by atoms with Gasteiger partial charge in [0.05, 0.1) is 7.11 Å². The highest BCUT2D eigenvalue weighted by Crippen LogP contribution is 2.26. The average Bonchev–Trinajstić information content (AvgIpc) is 2.86. The molecule has 3 rings (SSSR count). The minimum absolute atomic E-state index is 0.165. The number of rotatable bonds is 10. The van der Waals surface area contributed by atoms with Gasteiger partial charge in [-0.15, -0.1) is 0 Å². The van der Waals surface area contributed by atoms with Gasteiger partial charge in [-0.1, -0.05) is 72.3 Å². The standard InChI is InChI=1S/C26H27ClN2O4/c1-28-26(31)22(16-19-10-4-3-5-11-19)29(17-20-12-6-7-13-21(20)27)25(30)18-33-24-15-9-8-14-23(24)32-2/h3-15,22H,16-18H2,1-2H3,(H,28,31)/t22-/m0/s1. The number of para-hydroxylation sites is 2. The van der Waals surface area contributed by atoms with Crippen molar-refractivity contribution in [3.05, 3.63) is 95.0 Å². The monoisotopic (exact) mass is 466 g/mol. The SMILES string of the molecule is CNC(=O)[C@H](Cc1ccccc1)N(Cc1ccccc1Cl)C(=O)COc1ccccc1OC. The number of hydrogen-bond donors (Lipinski definition) is 1. The van der Waals surface area contributed by atoms with E-state index in [1.54, 1.807) is 31.3 Å². The third-order valence-corrected chi connectivity index (χ3v) is 5.60. The summed E-state index contributed by atoms with van der Waals surface area (Å²) < 4.78 is 11.1. The van der Waals surface area contributed by atoms with Gasteiger partial charge >= 0.3 is 0 Å². The van der Waals surface area contributed by atoms with Gasteiger partial charge in [0.2, 0.25) is 5.91 Å². The molecule has 0 saturated heterocycles. The molecule has 0 aliphatic rings. The molecule has 33 heavy (non-hydrogen) atoms. The number of methoxy groups -OCH3 is 1. The van der Waals surface area contributed by atoms with Crippen molar-refractivity contribution < 1.29 is 19.1 Å². The number of carbonyl (C=O) groups excluding carboxylic acids is 2. The minimum atomic E-state index is -0.748. The van der Waals surface area contributed by atoms with E-state index < -0.39 is 6.04 Å². The van der Waals surface area contributed by atoms with Gasteiger partial charge in [0.15, 0.2) is 18.1 Å². The molecule has 3 aromatic rings. The highest BCUT2D eigenvalue weighted by molar-refractivity contribution is 6.31. The number of amides is 2. The first-order valence-electron chi connectivity index (χ1n) is 10.6. The zero-order valence-corrected chi connectivity index (χ0v) is 19.4. The quantitative estimate of drug-likeness (QED) is 0.488. The third kappa shape index (κ3) is 6.49. The van der Waals surface area contributed by atoms with E-state index in [4.69, 9.17) is 21.1 Å². The Bertz CT molecular complexity index is 1070. The lowest BCUT2D eigenvalue weighted by Gasteiger charge is -2.31. The lowest BCUT2D eigenvalue weighted by atomic mass is 10.0. The average molecular weight is 467 g/mol. The van der Waals surface area contributed by atoms with Gasteiger partial charge in [-0.2, -0.15) is 0 Å². The number of halogens is 1. The predicted molar refractivity (Wildman–Crippen MR) is 128 cm³/mol. The number of likely N-dealkylation sites (N-methyl/N-ethyl adjacent to an activating group) is 1.